The topological polar surface area (TPSA) is 35.5 Å². The molecule has 0 N–H and O–H groups in total. The Morgan fingerprint density at radius 2 is 1.71 bits per heavy atom. The van der Waals surface area contributed by atoms with Crippen LogP contribution in [-0.4, -0.2) is 13.2 Å². The van der Waals surface area contributed by atoms with Gasteiger partial charge in [-0.25, -0.2) is 4.39 Å². The molecule has 3 aromatic rings. The highest BCUT2D eigenvalue weighted by atomic mass is 32.1. The third-order valence-electron chi connectivity index (χ3n) is 4.97. The summed E-state index contributed by atoms with van der Waals surface area (Å²) in [6.07, 6.45) is -4.87. The monoisotopic (exact) mass is 474 g/mol. The minimum Gasteiger partial charge on any atom is -0.308 e. The van der Waals surface area contributed by atoms with Gasteiger partial charge in [-0.05, 0) is 68.0 Å². The standard InChI is InChI=1S/C22H23F4O3PS/c1-4-28-30(27,29-5-2)19(21-14(3)17-8-6-7-9-20(17)31-21)13-15-12-16(22(24,25)26)10-11-18(15)23/h6-12,19H,4-5,13H2,1-3H3. The number of alkyl halides is 3. The van der Waals surface area contributed by atoms with Gasteiger partial charge >= 0.3 is 13.8 Å². The maximum atomic E-state index is 14.6. The molecule has 9 heteroatoms. The van der Waals surface area contributed by atoms with Crippen LogP contribution in [0.25, 0.3) is 10.1 Å². The Hall–Kier alpha value is -1.73. The summed E-state index contributed by atoms with van der Waals surface area (Å²) in [4.78, 5) is 0.656. The first-order chi connectivity index (χ1) is 14.6. The molecule has 0 aliphatic heterocycles. The van der Waals surface area contributed by atoms with Crippen LogP contribution in [0.4, 0.5) is 17.6 Å². The average Bonchev–Trinajstić information content (AvgIpc) is 3.03. The second-order valence-electron chi connectivity index (χ2n) is 6.99. The SMILES string of the molecule is CCOP(=O)(OCC)C(Cc1cc(C(F)(F)F)ccc1F)c1sc2ccccc2c1C. The molecule has 1 heterocycles. The number of benzene rings is 2. The van der Waals surface area contributed by atoms with Crippen molar-refractivity contribution in [2.75, 3.05) is 13.2 Å². The van der Waals surface area contributed by atoms with E-state index in [4.69, 9.17) is 9.05 Å². The molecule has 0 saturated carbocycles. The molecule has 1 atom stereocenters. The number of hydrogen-bond donors (Lipinski definition) is 0. The highest BCUT2D eigenvalue weighted by molar-refractivity contribution is 7.54. The number of halogens is 4. The summed E-state index contributed by atoms with van der Waals surface area (Å²) in [6.45, 7) is 5.34. The van der Waals surface area contributed by atoms with Crippen molar-refractivity contribution in [2.45, 2.75) is 39.0 Å². The van der Waals surface area contributed by atoms with Crippen molar-refractivity contribution in [1.29, 1.82) is 0 Å². The first-order valence-corrected chi connectivity index (χ1v) is 12.3. The smallest absolute Gasteiger partial charge is 0.308 e. The Morgan fingerprint density at radius 1 is 1.06 bits per heavy atom. The lowest BCUT2D eigenvalue weighted by Crippen LogP contribution is -2.12. The third kappa shape index (κ3) is 5.03. The van der Waals surface area contributed by atoms with Crippen LogP contribution in [0.1, 0.15) is 41.1 Å². The normalized spacial score (nSPS) is 13.6. The molecule has 0 aliphatic rings. The molecule has 3 rings (SSSR count). The Labute approximate surface area is 182 Å². The number of rotatable bonds is 8. The molecule has 0 spiro atoms. The molecule has 31 heavy (non-hydrogen) atoms. The molecule has 3 nitrogen and oxygen atoms in total. The Bertz CT molecular complexity index is 1100. The summed E-state index contributed by atoms with van der Waals surface area (Å²) in [5.74, 6) is -0.795. The molecular formula is C22H23F4O3PS. The van der Waals surface area contributed by atoms with Crippen molar-refractivity contribution in [2.24, 2.45) is 0 Å². The lowest BCUT2D eigenvalue weighted by atomic mass is 10.0. The van der Waals surface area contributed by atoms with Crippen LogP contribution in [-0.2, 0) is 26.2 Å². The average molecular weight is 474 g/mol. The predicted molar refractivity (Wildman–Crippen MR) is 115 cm³/mol. The van der Waals surface area contributed by atoms with Gasteiger partial charge in [0, 0.05) is 9.58 Å². The van der Waals surface area contributed by atoms with E-state index in [0.29, 0.717) is 10.9 Å². The minimum atomic E-state index is -4.62. The maximum Gasteiger partial charge on any atom is 0.416 e. The van der Waals surface area contributed by atoms with Crippen LogP contribution in [0.15, 0.2) is 42.5 Å². The zero-order chi connectivity index (χ0) is 22.8. The molecule has 0 amide bonds. The van der Waals surface area contributed by atoms with Crippen LogP contribution in [0.2, 0.25) is 0 Å². The number of thiophene rings is 1. The zero-order valence-electron chi connectivity index (χ0n) is 17.3. The van der Waals surface area contributed by atoms with Crippen LogP contribution in [0.3, 0.4) is 0 Å². The predicted octanol–water partition coefficient (Wildman–Crippen LogP) is 7.92. The zero-order valence-corrected chi connectivity index (χ0v) is 19.0. The maximum absolute atomic E-state index is 14.6. The largest absolute Gasteiger partial charge is 0.416 e. The molecule has 1 unspecified atom stereocenters. The van der Waals surface area contributed by atoms with E-state index in [1.165, 1.54) is 11.3 Å². The van der Waals surface area contributed by atoms with Crippen molar-refractivity contribution in [1.82, 2.24) is 0 Å². The molecule has 0 aliphatic carbocycles. The molecule has 0 bridgehead atoms. The first kappa shape index (κ1) is 23.9. The second-order valence-corrected chi connectivity index (χ2v) is 10.3. The number of hydrogen-bond acceptors (Lipinski definition) is 4. The lowest BCUT2D eigenvalue weighted by Gasteiger charge is -2.27. The molecule has 0 saturated heterocycles. The number of fused-ring (bicyclic) bond motifs is 1. The fraction of sp³-hybridized carbons (Fsp3) is 0.364. The van der Waals surface area contributed by atoms with Gasteiger partial charge in [0.2, 0.25) is 0 Å². The van der Waals surface area contributed by atoms with E-state index in [9.17, 15) is 22.1 Å². The van der Waals surface area contributed by atoms with Crippen LogP contribution >= 0.6 is 18.9 Å². The fourth-order valence-electron chi connectivity index (χ4n) is 3.55. The first-order valence-electron chi connectivity index (χ1n) is 9.83. The van der Waals surface area contributed by atoms with E-state index < -0.39 is 30.8 Å². The van der Waals surface area contributed by atoms with Gasteiger partial charge in [0.1, 0.15) is 11.5 Å². The van der Waals surface area contributed by atoms with Gasteiger partial charge in [-0.1, -0.05) is 18.2 Å². The van der Waals surface area contributed by atoms with Crippen molar-refractivity contribution in [3.8, 4) is 0 Å². The van der Waals surface area contributed by atoms with Crippen LogP contribution in [0, 0.1) is 12.7 Å². The van der Waals surface area contributed by atoms with E-state index in [-0.39, 0.29) is 25.2 Å². The summed E-state index contributed by atoms with van der Waals surface area (Å²) in [5, 5.41) is 0.941. The minimum absolute atomic E-state index is 0.0861. The van der Waals surface area contributed by atoms with Crippen molar-refractivity contribution < 1.29 is 31.2 Å². The summed E-state index contributed by atoms with van der Waals surface area (Å²) in [5.41, 5.74) is -1.25. The van der Waals surface area contributed by atoms with Crippen molar-refractivity contribution in [3.05, 3.63) is 69.8 Å². The molecule has 0 radical (unpaired) electrons. The van der Waals surface area contributed by atoms with Gasteiger partial charge in [-0.3, -0.25) is 4.57 Å². The lowest BCUT2D eigenvalue weighted by molar-refractivity contribution is -0.137. The Balaban J connectivity index is 2.17. The van der Waals surface area contributed by atoms with Gasteiger partial charge in [0.05, 0.1) is 18.8 Å². The summed E-state index contributed by atoms with van der Waals surface area (Å²) >= 11 is 1.37. The molecule has 1 aromatic heterocycles. The fourth-order valence-corrected chi connectivity index (χ4v) is 7.35. The van der Waals surface area contributed by atoms with E-state index in [0.717, 1.165) is 27.8 Å². The molecule has 2 aromatic carbocycles. The van der Waals surface area contributed by atoms with Gasteiger partial charge in [-0.15, -0.1) is 11.3 Å². The quantitative estimate of drug-likeness (QED) is 0.246. The molecular weight excluding hydrogens is 451 g/mol. The van der Waals surface area contributed by atoms with E-state index in [1.807, 2.05) is 31.2 Å². The van der Waals surface area contributed by atoms with Gasteiger partial charge in [0.15, 0.2) is 0 Å². The summed E-state index contributed by atoms with van der Waals surface area (Å²) in [6, 6.07) is 9.82. The van der Waals surface area contributed by atoms with Gasteiger partial charge in [0.25, 0.3) is 0 Å². The highest BCUT2D eigenvalue weighted by Gasteiger charge is 2.40. The third-order valence-corrected chi connectivity index (χ3v) is 8.97. The second kappa shape index (κ2) is 9.41. The molecule has 0 fully saturated rings. The van der Waals surface area contributed by atoms with Crippen molar-refractivity contribution in [3.63, 3.8) is 0 Å². The van der Waals surface area contributed by atoms with Crippen molar-refractivity contribution >= 4 is 29.0 Å². The summed E-state index contributed by atoms with van der Waals surface area (Å²) < 4.78 is 80.0. The summed E-state index contributed by atoms with van der Waals surface area (Å²) in [7, 11) is -3.81. The van der Waals surface area contributed by atoms with Crippen LogP contribution < -0.4 is 0 Å². The van der Waals surface area contributed by atoms with E-state index >= 15 is 0 Å². The molecule has 168 valence electrons. The number of aryl methyl sites for hydroxylation is 1. The Kier molecular flexibility index (Phi) is 7.26. The Morgan fingerprint density at radius 3 is 2.29 bits per heavy atom. The van der Waals surface area contributed by atoms with E-state index in [2.05, 4.69) is 0 Å². The highest BCUT2D eigenvalue weighted by Crippen LogP contribution is 2.64. The van der Waals surface area contributed by atoms with E-state index in [1.54, 1.807) is 13.8 Å². The van der Waals surface area contributed by atoms with Gasteiger partial charge in [-0.2, -0.15) is 13.2 Å². The van der Waals surface area contributed by atoms with Gasteiger partial charge < -0.3 is 9.05 Å². The van der Waals surface area contributed by atoms with Crippen LogP contribution in [0.5, 0.6) is 0 Å².